The van der Waals surface area contributed by atoms with Crippen LogP contribution in [0.5, 0.6) is 17.2 Å². The quantitative estimate of drug-likeness (QED) is 0.566. The van der Waals surface area contributed by atoms with Gasteiger partial charge in [-0.15, -0.1) is 0 Å². The van der Waals surface area contributed by atoms with Gasteiger partial charge >= 0.3 is 0 Å². The normalized spacial score (nSPS) is 13.0. The predicted octanol–water partition coefficient (Wildman–Crippen LogP) is 1.20. The van der Waals surface area contributed by atoms with E-state index in [9.17, 15) is 14.4 Å². The van der Waals surface area contributed by atoms with E-state index >= 15 is 0 Å². The smallest absolute Gasteiger partial charge is 0.282 e. The van der Waals surface area contributed by atoms with Gasteiger partial charge in [0.1, 0.15) is 0 Å². The maximum atomic E-state index is 12.4. The Kier molecular flexibility index (Phi) is 5.25. The number of amides is 3. The molecule has 0 radical (unpaired) electrons. The van der Waals surface area contributed by atoms with Gasteiger partial charge in [0, 0.05) is 5.56 Å². The molecule has 0 fully saturated rings. The number of benzene rings is 2. The molecule has 2 aromatic carbocycles. The summed E-state index contributed by atoms with van der Waals surface area (Å²) in [7, 11) is 2.83. The molecule has 0 saturated heterocycles. The molecular formula is C19H17N3O6. The fourth-order valence-electron chi connectivity index (χ4n) is 2.67. The Morgan fingerprint density at radius 1 is 1.07 bits per heavy atom. The molecule has 0 aromatic heterocycles. The second kappa shape index (κ2) is 7.78. The Labute approximate surface area is 160 Å². The number of carbonyl (C=O) groups excluding carboxylic acids is 3. The lowest BCUT2D eigenvalue weighted by Gasteiger charge is -2.14. The predicted molar refractivity (Wildman–Crippen MR) is 98.8 cm³/mol. The van der Waals surface area contributed by atoms with E-state index in [0.29, 0.717) is 16.7 Å². The molecule has 144 valence electrons. The molecule has 0 saturated carbocycles. The summed E-state index contributed by atoms with van der Waals surface area (Å²) in [6.07, 6.45) is 1.32. The van der Waals surface area contributed by atoms with Crippen LogP contribution in [0.4, 0.5) is 0 Å². The molecule has 2 N–H and O–H groups in total. The summed E-state index contributed by atoms with van der Waals surface area (Å²) in [5.41, 5.74) is 6.18. The van der Waals surface area contributed by atoms with E-state index in [0.717, 1.165) is 5.01 Å². The van der Waals surface area contributed by atoms with E-state index in [1.165, 1.54) is 20.4 Å². The van der Waals surface area contributed by atoms with E-state index in [4.69, 9.17) is 19.9 Å². The van der Waals surface area contributed by atoms with Gasteiger partial charge in [0.15, 0.2) is 18.1 Å². The Balaban J connectivity index is 1.89. The molecule has 9 heteroatoms. The minimum Gasteiger partial charge on any atom is -0.493 e. The van der Waals surface area contributed by atoms with Crippen LogP contribution in [0.2, 0.25) is 0 Å². The zero-order valence-electron chi connectivity index (χ0n) is 15.2. The zero-order valence-corrected chi connectivity index (χ0v) is 15.2. The Morgan fingerprint density at radius 3 is 2.07 bits per heavy atom. The number of nitrogens with zero attached hydrogens (tertiary/aromatic N) is 2. The molecule has 9 nitrogen and oxygen atoms in total. The van der Waals surface area contributed by atoms with Gasteiger partial charge in [-0.2, -0.15) is 10.1 Å². The number of methoxy groups -OCH3 is 2. The second-order valence-corrected chi connectivity index (χ2v) is 5.72. The summed E-state index contributed by atoms with van der Waals surface area (Å²) in [5.74, 6) is -0.926. The van der Waals surface area contributed by atoms with Gasteiger partial charge in [-0.3, -0.25) is 14.4 Å². The Bertz CT molecular complexity index is 925. The average Bonchev–Trinajstić information content (AvgIpc) is 2.94. The van der Waals surface area contributed by atoms with Crippen LogP contribution in [0.25, 0.3) is 0 Å². The van der Waals surface area contributed by atoms with E-state index in [1.807, 2.05) is 0 Å². The van der Waals surface area contributed by atoms with Crippen LogP contribution in [0.15, 0.2) is 41.5 Å². The number of hydrogen-bond acceptors (Lipinski definition) is 7. The number of nitrogens with two attached hydrogens (primary N) is 1. The summed E-state index contributed by atoms with van der Waals surface area (Å²) in [6, 6.07) is 9.61. The largest absolute Gasteiger partial charge is 0.493 e. The third kappa shape index (κ3) is 3.50. The number of hydrazone groups is 1. The minimum atomic E-state index is -0.652. The van der Waals surface area contributed by atoms with Crippen molar-refractivity contribution < 1.29 is 28.6 Å². The SMILES string of the molecule is COc1cc(/C=N\N2C(=O)c3ccccc3C2=O)cc(OC)c1OCC(N)=O. The summed E-state index contributed by atoms with van der Waals surface area (Å²) in [6.45, 7) is -0.352. The number of carbonyl (C=O) groups is 3. The highest BCUT2D eigenvalue weighted by molar-refractivity contribution is 6.21. The van der Waals surface area contributed by atoms with Crippen LogP contribution in [0.3, 0.4) is 0 Å². The number of imide groups is 1. The number of rotatable bonds is 7. The topological polar surface area (TPSA) is 121 Å². The minimum absolute atomic E-state index is 0.196. The number of primary amides is 1. The third-order valence-corrected chi connectivity index (χ3v) is 3.94. The first-order chi connectivity index (χ1) is 13.5. The van der Waals surface area contributed by atoms with Crippen LogP contribution in [-0.4, -0.2) is 49.8 Å². The summed E-state index contributed by atoms with van der Waals surface area (Å²) in [5, 5.41) is 4.80. The molecule has 0 bridgehead atoms. The average molecular weight is 383 g/mol. The molecule has 0 unspecified atom stereocenters. The van der Waals surface area contributed by atoms with Gasteiger partial charge in [0.2, 0.25) is 5.75 Å². The molecule has 3 rings (SSSR count). The van der Waals surface area contributed by atoms with E-state index in [2.05, 4.69) is 5.10 Å². The summed E-state index contributed by atoms with van der Waals surface area (Å²) < 4.78 is 15.9. The third-order valence-electron chi connectivity index (χ3n) is 3.94. The van der Waals surface area contributed by atoms with Crippen LogP contribution in [-0.2, 0) is 4.79 Å². The second-order valence-electron chi connectivity index (χ2n) is 5.72. The fourth-order valence-corrected chi connectivity index (χ4v) is 2.67. The van der Waals surface area contributed by atoms with Gasteiger partial charge in [0.25, 0.3) is 17.7 Å². The van der Waals surface area contributed by atoms with Crippen LogP contribution >= 0.6 is 0 Å². The van der Waals surface area contributed by atoms with Crippen molar-refractivity contribution in [3.63, 3.8) is 0 Å². The highest BCUT2D eigenvalue weighted by Gasteiger charge is 2.35. The number of hydrogen-bond donors (Lipinski definition) is 1. The Morgan fingerprint density at radius 2 is 1.61 bits per heavy atom. The lowest BCUT2D eigenvalue weighted by molar-refractivity contribution is -0.120. The van der Waals surface area contributed by atoms with Gasteiger partial charge in [-0.1, -0.05) is 12.1 Å². The highest BCUT2D eigenvalue weighted by atomic mass is 16.5. The van der Waals surface area contributed by atoms with E-state index in [1.54, 1.807) is 36.4 Å². The Hall–Kier alpha value is -3.88. The van der Waals surface area contributed by atoms with Crippen LogP contribution < -0.4 is 19.9 Å². The molecule has 28 heavy (non-hydrogen) atoms. The molecule has 1 heterocycles. The fraction of sp³-hybridized carbons (Fsp3) is 0.158. The van der Waals surface area contributed by atoms with Crippen molar-refractivity contribution in [2.24, 2.45) is 10.8 Å². The molecular weight excluding hydrogens is 366 g/mol. The van der Waals surface area contributed by atoms with Crippen molar-refractivity contribution in [2.75, 3.05) is 20.8 Å². The highest BCUT2D eigenvalue weighted by Crippen LogP contribution is 2.38. The van der Waals surface area contributed by atoms with Crippen molar-refractivity contribution in [3.8, 4) is 17.2 Å². The van der Waals surface area contributed by atoms with Crippen molar-refractivity contribution in [1.29, 1.82) is 0 Å². The maximum absolute atomic E-state index is 12.4. The van der Waals surface area contributed by atoms with Gasteiger partial charge < -0.3 is 19.9 Å². The molecule has 3 amide bonds. The molecule has 0 spiro atoms. The zero-order chi connectivity index (χ0) is 20.3. The number of ether oxygens (including phenoxy) is 3. The van der Waals surface area contributed by atoms with Crippen LogP contribution in [0.1, 0.15) is 26.3 Å². The van der Waals surface area contributed by atoms with Gasteiger partial charge in [-0.05, 0) is 24.3 Å². The first-order valence-corrected chi connectivity index (χ1v) is 8.15. The van der Waals surface area contributed by atoms with Crippen molar-refractivity contribution in [3.05, 3.63) is 53.1 Å². The molecule has 1 aliphatic heterocycles. The van der Waals surface area contributed by atoms with E-state index in [-0.39, 0.29) is 23.9 Å². The maximum Gasteiger partial charge on any atom is 0.282 e. The van der Waals surface area contributed by atoms with Crippen LogP contribution in [0, 0.1) is 0 Å². The van der Waals surface area contributed by atoms with E-state index < -0.39 is 17.7 Å². The summed E-state index contributed by atoms with van der Waals surface area (Å²) in [4.78, 5) is 35.7. The molecule has 0 aliphatic carbocycles. The monoisotopic (exact) mass is 383 g/mol. The van der Waals surface area contributed by atoms with Gasteiger partial charge in [-0.25, -0.2) is 0 Å². The lowest BCUT2D eigenvalue weighted by atomic mass is 10.1. The molecule has 2 aromatic rings. The number of fused-ring (bicyclic) bond motifs is 1. The van der Waals surface area contributed by atoms with Crippen molar-refractivity contribution >= 4 is 23.9 Å². The summed E-state index contributed by atoms with van der Waals surface area (Å²) >= 11 is 0. The first kappa shape index (κ1) is 18.9. The van der Waals surface area contributed by atoms with Crippen molar-refractivity contribution in [1.82, 2.24) is 5.01 Å². The molecule has 0 atom stereocenters. The lowest BCUT2D eigenvalue weighted by Crippen LogP contribution is -2.24. The standard InChI is InChI=1S/C19H17N3O6/c1-26-14-7-11(8-15(27-2)17(14)28-10-16(20)23)9-21-22-18(24)12-5-3-4-6-13(12)19(22)25/h3-9H,10H2,1-2H3,(H2,20,23)/b21-9-. The van der Waals surface area contributed by atoms with Crippen molar-refractivity contribution in [2.45, 2.75) is 0 Å². The molecule has 1 aliphatic rings. The first-order valence-electron chi connectivity index (χ1n) is 8.15. The van der Waals surface area contributed by atoms with Gasteiger partial charge in [0.05, 0.1) is 31.6 Å².